The molecule has 3 rings (SSSR count). The van der Waals surface area contributed by atoms with E-state index < -0.39 is 0 Å². The van der Waals surface area contributed by atoms with Gasteiger partial charge in [-0.2, -0.15) is 5.10 Å². The number of thiocarbonyl (C=S) groups is 1. The fraction of sp³-hybridized carbons (Fsp3) is 0.412. The van der Waals surface area contributed by atoms with Crippen LogP contribution < -0.4 is 10.7 Å². The Morgan fingerprint density at radius 1 is 1.26 bits per heavy atom. The van der Waals surface area contributed by atoms with Crippen molar-refractivity contribution in [3.63, 3.8) is 0 Å². The van der Waals surface area contributed by atoms with E-state index in [2.05, 4.69) is 32.7 Å². The van der Waals surface area contributed by atoms with Gasteiger partial charge in [-0.05, 0) is 43.1 Å². The molecule has 1 saturated carbocycles. The first-order chi connectivity index (χ1) is 11.2. The minimum atomic E-state index is 0.444. The summed E-state index contributed by atoms with van der Waals surface area (Å²) < 4.78 is 0. The van der Waals surface area contributed by atoms with Crippen molar-refractivity contribution >= 4 is 34.6 Å². The van der Waals surface area contributed by atoms with Gasteiger partial charge in [-0.15, -0.1) is 0 Å². The molecule has 0 unspecified atom stereocenters. The zero-order valence-electron chi connectivity index (χ0n) is 13.2. The Balaban J connectivity index is 1.55. The van der Waals surface area contributed by atoms with Crippen LogP contribution in [0.4, 0.5) is 0 Å². The number of nitrogens with one attached hydrogen (secondary N) is 2. The molecule has 1 heterocycles. The van der Waals surface area contributed by atoms with Crippen molar-refractivity contribution < 1.29 is 0 Å². The van der Waals surface area contributed by atoms with Crippen molar-refractivity contribution in [2.24, 2.45) is 11.0 Å². The predicted octanol–water partition coefficient (Wildman–Crippen LogP) is 3.01. The molecule has 1 aliphatic rings. The SMILES string of the molecule is C[C@H]1CCCC[C@@H]1NC(=S)N/N=C\c1cnc2ccccc2n1. The summed E-state index contributed by atoms with van der Waals surface area (Å²) in [6.07, 6.45) is 8.35. The van der Waals surface area contributed by atoms with E-state index in [9.17, 15) is 0 Å². The summed E-state index contributed by atoms with van der Waals surface area (Å²) in [5.41, 5.74) is 5.30. The minimum Gasteiger partial charge on any atom is -0.358 e. The van der Waals surface area contributed by atoms with Crippen molar-refractivity contribution in [1.29, 1.82) is 0 Å². The molecule has 120 valence electrons. The van der Waals surface area contributed by atoms with Gasteiger partial charge in [0.25, 0.3) is 0 Å². The van der Waals surface area contributed by atoms with Crippen molar-refractivity contribution in [3.05, 3.63) is 36.2 Å². The van der Waals surface area contributed by atoms with Crippen LogP contribution in [0.1, 0.15) is 38.3 Å². The topological polar surface area (TPSA) is 62.2 Å². The van der Waals surface area contributed by atoms with Gasteiger partial charge in [-0.3, -0.25) is 10.4 Å². The Morgan fingerprint density at radius 2 is 2.04 bits per heavy atom. The maximum absolute atomic E-state index is 5.31. The average Bonchev–Trinajstić information content (AvgIpc) is 2.57. The quantitative estimate of drug-likeness (QED) is 0.515. The van der Waals surface area contributed by atoms with Gasteiger partial charge in [0.15, 0.2) is 5.11 Å². The number of hydrogen-bond donors (Lipinski definition) is 2. The number of aromatic nitrogens is 2. The lowest BCUT2D eigenvalue weighted by Gasteiger charge is -2.30. The second kappa shape index (κ2) is 7.46. The molecule has 1 aliphatic carbocycles. The Bertz CT molecular complexity index is 715. The maximum atomic E-state index is 5.31. The van der Waals surface area contributed by atoms with E-state index in [0.29, 0.717) is 22.8 Å². The van der Waals surface area contributed by atoms with E-state index in [0.717, 1.165) is 11.0 Å². The van der Waals surface area contributed by atoms with Crippen molar-refractivity contribution in [2.75, 3.05) is 0 Å². The van der Waals surface area contributed by atoms with E-state index >= 15 is 0 Å². The minimum absolute atomic E-state index is 0.444. The van der Waals surface area contributed by atoms with Crippen LogP contribution >= 0.6 is 12.2 Å². The van der Waals surface area contributed by atoms with Crippen molar-refractivity contribution in [3.8, 4) is 0 Å². The van der Waals surface area contributed by atoms with Crippen LogP contribution in [-0.4, -0.2) is 27.3 Å². The van der Waals surface area contributed by atoms with Crippen LogP contribution in [0, 0.1) is 5.92 Å². The second-order valence-corrected chi connectivity index (χ2v) is 6.40. The highest BCUT2D eigenvalue weighted by Crippen LogP contribution is 2.23. The Kier molecular flexibility index (Phi) is 5.12. The standard InChI is InChI=1S/C17H21N5S/c1-12-6-2-3-7-14(12)21-17(23)22-19-11-13-10-18-15-8-4-5-9-16(15)20-13/h4-5,8-12,14H,2-3,6-7H2,1H3,(H2,21,22,23)/b19-11-/t12-,14-/m0/s1. The molecule has 0 amide bonds. The molecule has 0 bridgehead atoms. The molecule has 0 spiro atoms. The molecule has 2 aromatic rings. The van der Waals surface area contributed by atoms with Gasteiger partial charge in [0, 0.05) is 6.04 Å². The smallest absolute Gasteiger partial charge is 0.187 e. The number of hydrogen-bond acceptors (Lipinski definition) is 4. The highest BCUT2D eigenvalue weighted by Gasteiger charge is 2.21. The summed E-state index contributed by atoms with van der Waals surface area (Å²) in [6.45, 7) is 2.27. The van der Waals surface area contributed by atoms with E-state index in [1.165, 1.54) is 25.7 Å². The summed E-state index contributed by atoms with van der Waals surface area (Å²) >= 11 is 5.31. The Morgan fingerprint density at radius 3 is 2.87 bits per heavy atom. The molecule has 5 nitrogen and oxygen atoms in total. The molecule has 0 aliphatic heterocycles. The zero-order chi connectivity index (χ0) is 16.1. The zero-order valence-corrected chi connectivity index (χ0v) is 14.0. The van der Waals surface area contributed by atoms with Crippen LogP contribution in [0.25, 0.3) is 11.0 Å². The third kappa shape index (κ3) is 4.22. The number of fused-ring (bicyclic) bond motifs is 1. The van der Waals surface area contributed by atoms with Gasteiger partial charge in [-0.1, -0.05) is 31.9 Å². The Labute approximate surface area is 141 Å². The molecule has 6 heteroatoms. The molecule has 1 aromatic carbocycles. The third-order valence-corrected chi connectivity index (χ3v) is 4.47. The lowest BCUT2D eigenvalue weighted by Crippen LogP contribution is -2.44. The summed E-state index contributed by atoms with van der Waals surface area (Å²) in [6, 6.07) is 8.21. The molecular weight excluding hydrogens is 306 g/mol. The lowest BCUT2D eigenvalue weighted by atomic mass is 9.86. The molecule has 1 fully saturated rings. The van der Waals surface area contributed by atoms with Gasteiger partial charge >= 0.3 is 0 Å². The normalized spacial score (nSPS) is 21.4. The van der Waals surface area contributed by atoms with Crippen LogP contribution in [0.15, 0.2) is 35.6 Å². The second-order valence-electron chi connectivity index (χ2n) is 6.00. The van der Waals surface area contributed by atoms with Crippen LogP contribution in [0.3, 0.4) is 0 Å². The number of para-hydroxylation sites is 2. The summed E-state index contributed by atoms with van der Waals surface area (Å²) in [4.78, 5) is 8.84. The van der Waals surface area contributed by atoms with E-state index in [4.69, 9.17) is 12.2 Å². The average molecular weight is 327 g/mol. The number of nitrogens with zero attached hydrogens (tertiary/aromatic N) is 3. The molecule has 2 N–H and O–H groups in total. The number of benzene rings is 1. The van der Waals surface area contributed by atoms with Crippen LogP contribution in [0.2, 0.25) is 0 Å². The summed E-state index contributed by atoms with van der Waals surface area (Å²) in [7, 11) is 0. The molecule has 0 saturated heterocycles. The third-order valence-electron chi connectivity index (χ3n) is 4.26. The van der Waals surface area contributed by atoms with Gasteiger partial charge in [0.05, 0.1) is 23.4 Å². The largest absolute Gasteiger partial charge is 0.358 e. The van der Waals surface area contributed by atoms with E-state index in [1.807, 2.05) is 24.3 Å². The maximum Gasteiger partial charge on any atom is 0.187 e. The Hall–Kier alpha value is -2.08. The first kappa shape index (κ1) is 15.8. The fourth-order valence-electron chi connectivity index (χ4n) is 2.92. The van der Waals surface area contributed by atoms with Crippen molar-refractivity contribution in [2.45, 2.75) is 38.6 Å². The lowest BCUT2D eigenvalue weighted by molar-refractivity contribution is 0.308. The highest BCUT2D eigenvalue weighted by molar-refractivity contribution is 7.80. The van der Waals surface area contributed by atoms with Crippen LogP contribution in [0.5, 0.6) is 0 Å². The molecule has 2 atom stereocenters. The fourth-order valence-corrected chi connectivity index (χ4v) is 3.13. The first-order valence-corrected chi connectivity index (χ1v) is 8.44. The van der Waals surface area contributed by atoms with Gasteiger partial charge < -0.3 is 5.32 Å². The van der Waals surface area contributed by atoms with E-state index in [-0.39, 0.29) is 0 Å². The highest BCUT2D eigenvalue weighted by atomic mass is 32.1. The molecular formula is C17H21N5S. The van der Waals surface area contributed by atoms with E-state index in [1.54, 1.807) is 12.4 Å². The molecule has 1 aromatic heterocycles. The van der Waals surface area contributed by atoms with Gasteiger partial charge in [0.2, 0.25) is 0 Å². The van der Waals surface area contributed by atoms with Crippen molar-refractivity contribution in [1.82, 2.24) is 20.7 Å². The molecule has 23 heavy (non-hydrogen) atoms. The monoisotopic (exact) mass is 327 g/mol. The molecule has 0 radical (unpaired) electrons. The van der Waals surface area contributed by atoms with Gasteiger partial charge in [-0.25, -0.2) is 4.98 Å². The first-order valence-electron chi connectivity index (χ1n) is 8.04. The summed E-state index contributed by atoms with van der Waals surface area (Å²) in [5.74, 6) is 0.652. The van der Waals surface area contributed by atoms with Crippen LogP contribution in [-0.2, 0) is 0 Å². The van der Waals surface area contributed by atoms with Gasteiger partial charge in [0.1, 0.15) is 5.69 Å². The number of rotatable bonds is 3. The number of hydrazone groups is 1. The summed E-state index contributed by atoms with van der Waals surface area (Å²) in [5, 5.41) is 8.08. The predicted molar refractivity (Wildman–Crippen MR) is 97.4 cm³/mol.